The largest absolute Gasteiger partial charge is 0.489 e. The van der Waals surface area contributed by atoms with Gasteiger partial charge in [0.05, 0.1) is 24.5 Å². The molecular weight excluding hydrogens is 419 g/mol. The highest BCUT2D eigenvalue weighted by Crippen LogP contribution is 2.22. The van der Waals surface area contributed by atoms with Gasteiger partial charge in [0.2, 0.25) is 10.0 Å². The first-order valence-electron chi connectivity index (χ1n) is 9.11. The van der Waals surface area contributed by atoms with Gasteiger partial charge in [0.15, 0.2) is 17.3 Å². The van der Waals surface area contributed by atoms with E-state index < -0.39 is 15.8 Å². The smallest absolute Gasteiger partial charge is 0.290 e. The van der Waals surface area contributed by atoms with Crippen LogP contribution in [0.2, 0.25) is 0 Å². The normalized spacial score (nSPS) is 13.5. The zero-order chi connectivity index (χ0) is 22.1. The van der Waals surface area contributed by atoms with Gasteiger partial charge in [0, 0.05) is 12.1 Å². The molecule has 2 heterocycles. The number of hydrogen-bond donors (Lipinski definition) is 3. The number of sulfonamides is 1. The van der Waals surface area contributed by atoms with Crippen molar-refractivity contribution in [2.24, 2.45) is 0 Å². The van der Waals surface area contributed by atoms with E-state index in [1.165, 1.54) is 16.4 Å². The van der Waals surface area contributed by atoms with E-state index in [9.17, 15) is 17.6 Å². The Morgan fingerprint density at radius 1 is 1.43 bits per heavy atom. The van der Waals surface area contributed by atoms with Crippen LogP contribution in [0.4, 0.5) is 4.39 Å². The third-order valence-electron chi connectivity index (χ3n) is 4.35. The number of nitrogens with one attached hydrogen (secondary N) is 2. The van der Waals surface area contributed by atoms with Crippen LogP contribution in [-0.4, -0.2) is 65.9 Å². The standard InChI is InChI=1S/C17H21FN4O4S.CH2O2/c1-2-27(24,25)22-9-7-12-14(11-22)20-21-16(12)17(23)19-8-10-26-15-6-4-3-5-13(15)18;2-1-3/h3-6H,2,7-11H2,1H3,(H,19,23)(H,20,21);1H,(H,2,3). The molecule has 1 aliphatic heterocycles. The number of carbonyl (C=O) groups excluding carboxylic acids is 1. The number of H-pyrrole nitrogens is 1. The Labute approximate surface area is 173 Å². The van der Waals surface area contributed by atoms with Crippen molar-refractivity contribution >= 4 is 22.4 Å². The van der Waals surface area contributed by atoms with E-state index in [4.69, 9.17) is 14.6 Å². The summed E-state index contributed by atoms with van der Waals surface area (Å²) in [5.41, 5.74) is 1.61. The summed E-state index contributed by atoms with van der Waals surface area (Å²) >= 11 is 0. The van der Waals surface area contributed by atoms with E-state index in [1.807, 2.05) is 0 Å². The molecule has 30 heavy (non-hydrogen) atoms. The molecule has 10 nitrogen and oxygen atoms in total. The number of amides is 1. The van der Waals surface area contributed by atoms with Crippen LogP contribution in [-0.2, 0) is 27.8 Å². The van der Waals surface area contributed by atoms with Gasteiger partial charge >= 0.3 is 0 Å². The fourth-order valence-electron chi connectivity index (χ4n) is 2.87. The Hall–Kier alpha value is -2.99. The highest BCUT2D eigenvalue weighted by atomic mass is 32.2. The van der Waals surface area contributed by atoms with Crippen molar-refractivity contribution < 1.29 is 32.2 Å². The van der Waals surface area contributed by atoms with E-state index in [-0.39, 0.29) is 49.3 Å². The summed E-state index contributed by atoms with van der Waals surface area (Å²) in [7, 11) is -3.28. The van der Waals surface area contributed by atoms with Gasteiger partial charge < -0.3 is 15.2 Å². The van der Waals surface area contributed by atoms with Crippen molar-refractivity contribution in [2.75, 3.05) is 25.4 Å². The second-order valence-electron chi connectivity index (χ2n) is 6.15. The summed E-state index contributed by atoms with van der Waals surface area (Å²) in [5.74, 6) is -0.680. The van der Waals surface area contributed by atoms with E-state index in [2.05, 4.69) is 15.5 Å². The van der Waals surface area contributed by atoms with Gasteiger partial charge in [-0.25, -0.2) is 12.8 Å². The third-order valence-corrected chi connectivity index (χ3v) is 6.18. The van der Waals surface area contributed by atoms with E-state index >= 15 is 0 Å². The molecule has 0 atom stereocenters. The number of para-hydroxylation sites is 1. The van der Waals surface area contributed by atoms with Crippen LogP contribution in [0.15, 0.2) is 24.3 Å². The van der Waals surface area contributed by atoms with Crippen LogP contribution in [0.5, 0.6) is 5.75 Å². The molecule has 1 aliphatic rings. The lowest BCUT2D eigenvalue weighted by atomic mass is 10.1. The molecular formula is C18H23FN4O6S. The highest BCUT2D eigenvalue weighted by molar-refractivity contribution is 7.89. The maximum Gasteiger partial charge on any atom is 0.290 e. The first-order chi connectivity index (χ1) is 14.3. The van der Waals surface area contributed by atoms with Gasteiger partial charge in [-0.2, -0.15) is 9.40 Å². The maximum atomic E-state index is 13.5. The zero-order valence-electron chi connectivity index (χ0n) is 16.3. The quantitative estimate of drug-likeness (QED) is 0.425. The zero-order valence-corrected chi connectivity index (χ0v) is 17.1. The molecule has 0 spiro atoms. The Kier molecular flexibility index (Phi) is 8.30. The number of aromatic amines is 1. The Bertz CT molecular complexity index is 979. The second kappa shape index (κ2) is 10.7. The third kappa shape index (κ3) is 5.76. The number of hydrogen-bond acceptors (Lipinski definition) is 6. The first kappa shape index (κ1) is 23.3. The van der Waals surface area contributed by atoms with Crippen LogP contribution >= 0.6 is 0 Å². The van der Waals surface area contributed by atoms with Crippen LogP contribution in [0.3, 0.4) is 0 Å². The summed E-state index contributed by atoms with van der Waals surface area (Å²) in [6, 6.07) is 6.04. The summed E-state index contributed by atoms with van der Waals surface area (Å²) in [6.07, 6.45) is 0.416. The van der Waals surface area contributed by atoms with Crippen molar-refractivity contribution in [1.82, 2.24) is 19.8 Å². The summed E-state index contributed by atoms with van der Waals surface area (Å²) < 4.78 is 44.1. The minimum absolute atomic E-state index is 0.0336. The molecule has 2 aromatic rings. The van der Waals surface area contributed by atoms with Crippen LogP contribution in [0.1, 0.15) is 28.7 Å². The van der Waals surface area contributed by atoms with E-state index in [0.29, 0.717) is 18.7 Å². The van der Waals surface area contributed by atoms with Crippen molar-refractivity contribution in [2.45, 2.75) is 19.9 Å². The predicted octanol–water partition coefficient (Wildman–Crippen LogP) is 0.766. The number of halogens is 1. The summed E-state index contributed by atoms with van der Waals surface area (Å²) in [5, 5.41) is 16.4. The number of carboxylic acid groups (broad SMARTS) is 1. The number of carbonyl (C=O) groups is 2. The number of rotatable bonds is 7. The second-order valence-corrected chi connectivity index (χ2v) is 8.41. The highest BCUT2D eigenvalue weighted by Gasteiger charge is 2.30. The SMILES string of the molecule is CCS(=O)(=O)N1CCc2c(C(=O)NCCOc3ccccc3F)n[nH]c2C1.O=CO. The van der Waals surface area contributed by atoms with Gasteiger partial charge in [-0.1, -0.05) is 12.1 Å². The number of benzene rings is 1. The minimum Gasteiger partial charge on any atom is -0.489 e. The van der Waals surface area contributed by atoms with Gasteiger partial charge in [-0.3, -0.25) is 14.7 Å². The molecule has 164 valence electrons. The van der Waals surface area contributed by atoms with E-state index in [1.54, 1.807) is 19.1 Å². The summed E-state index contributed by atoms with van der Waals surface area (Å²) in [6.45, 7) is 2.15. The van der Waals surface area contributed by atoms with Crippen molar-refractivity contribution in [1.29, 1.82) is 0 Å². The molecule has 0 saturated heterocycles. The predicted molar refractivity (Wildman–Crippen MR) is 105 cm³/mol. The van der Waals surface area contributed by atoms with Crippen LogP contribution in [0.25, 0.3) is 0 Å². The van der Waals surface area contributed by atoms with Crippen molar-refractivity contribution in [3.8, 4) is 5.75 Å². The molecule has 0 aliphatic carbocycles. The Balaban J connectivity index is 0.00000101. The lowest BCUT2D eigenvalue weighted by Gasteiger charge is -2.25. The topological polar surface area (TPSA) is 142 Å². The summed E-state index contributed by atoms with van der Waals surface area (Å²) in [4.78, 5) is 20.7. The van der Waals surface area contributed by atoms with E-state index in [0.717, 1.165) is 5.56 Å². The molecule has 1 aromatic carbocycles. The van der Waals surface area contributed by atoms with Gasteiger partial charge in [-0.15, -0.1) is 0 Å². The number of ether oxygens (including phenoxy) is 1. The lowest BCUT2D eigenvalue weighted by Crippen LogP contribution is -2.37. The molecule has 1 amide bonds. The van der Waals surface area contributed by atoms with Gasteiger partial charge in [0.1, 0.15) is 6.61 Å². The average Bonchev–Trinajstić information content (AvgIpc) is 3.16. The molecule has 3 rings (SSSR count). The first-order valence-corrected chi connectivity index (χ1v) is 10.7. The molecule has 0 radical (unpaired) electrons. The van der Waals surface area contributed by atoms with Gasteiger partial charge in [-0.05, 0) is 25.5 Å². The molecule has 12 heteroatoms. The minimum atomic E-state index is -3.28. The molecule has 0 fully saturated rings. The average molecular weight is 442 g/mol. The number of aromatic nitrogens is 2. The molecule has 3 N–H and O–H groups in total. The Morgan fingerprint density at radius 3 is 2.80 bits per heavy atom. The number of fused-ring (bicyclic) bond motifs is 1. The molecule has 0 bridgehead atoms. The lowest BCUT2D eigenvalue weighted by molar-refractivity contribution is -0.122. The number of nitrogens with zero attached hydrogens (tertiary/aromatic N) is 2. The fourth-order valence-corrected chi connectivity index (χ4v) is 3.93. The fraction of sp³-hybridized carbons (Fsp3) is 0.389. The molecule has 1 aromatic heterocycles. The Morgan fingerprint density at radius 2 is 2.13 bits per heavy atom. The molecule has 0 unspecified atom stereocenters. The van der Waals surface area contributed by atoms with Crippen LogP contribution < -0.4 is 10.1 Å². The monoisotopic (exact) mass is 442 g/mol. The van der Waals surface area contributed by atoms with Gasteiger partial charge in [0.25, 0.3) is 12.4 Å². The van der Waals surface area contributed by atoms with Crippen LogP contribution in [0, 0.1) is 5.82 Å². The van der Waals surface area contributed by atoms with Crippen molar-refractivity contribution in [3.05, 3.63) is 47.0 Å². The maximum absolute atomic E-state index is 13.5. The molecule has 0 saturated carbocycles. The van der Waals surface area contributed by atoms with Crippen molar-refractivity contribution in [3.63, 3.8) is 0 Å².